The molecule has 0 aliphatic carbocycles. The molecular formula is C16H20N2O3. The molecule has 1 aromatic carbocycles. The van der Waals surface area contributed by atoms with Crippen molar-refractivity contribution in [1.29, 1.82) is 0 Å². The van der Waals surface area contributed by atoms with Crippen LogP contribution in [0.15, 0.2) is 30.3 Å². The second kappa shape index (κ2) is 6.92. The molecule has 0 radical (unpaired) electrons. The number of rotatable bonds is 5. The van der Waals surface area contributed by atoms with Gasteiger partial charge in [-0.05, 0) is 42.5 Å². The van der Waals surface area contributed by atoms with Crippen molar-refractivity contribution in [2.45, 2.75) is 19.3 Å². The lowest BCUT2D eigenvalue weighted by atomic mass is 9.93. The number of carboxylic acid groups (broad SMARTS) is 1. The highest BCUT2D eigenvalue weighted by molar-refractivity contribution is 5.85. The minimum atomic E-state index is -0.949. The number of primary amides is 1. The van der Waals surface area contributed by atoms with E-state index in [4.69, 9.17) is 10.8 Å². The van der Waals surface area contributed by atoms with Gasteiger partial charge in [0.25, 0.3) is 0 Å². The molecule has 1 aliphatic heterocycles. The maximum absolute atomic E-state index is 10.9. The summed E-state index contributed by atoms with van der Waals surface area (Å²) >= 11 is 0. The lowest BCUT2D eigenvalue weighted by Gasteiger charge is -2.33. The van der Waals surface area contributed by atoms with Crippen LogP contribution in [0.5, 0.6) is 0 Å². The second-order valence-corrected chi connectivity index (χ2v) is 5.36. The van der Waals surface area contributed by atoms with Gasteiger partial charge in [-0.3, -0.25) is 4.79 Å². The molecule has 0 unspecified atom stereocenters. The van der Waals surface area contributed by atoms with Crippen LogP contribution >= 0.6 is 0 Å². The number of carbonyl (C=O) groups is 2. The highest BCUT2D eigenvalue weighted by Gasteiger charge is 2.20. The van der Waals surface area contributed by atoms with Gasteiger partial charge in [0.2, 0.25) is 5.91 Å². The quantitative estimate of drug-likeness (QED) is 0.810. The molecule has 1 saturated heterocycles. The summed E-state index contributed by atoms with van der Waals surface area (Å²) in [4.78, 5) is 23.7. The minimum Gasteiger partial charge on any atom is -0.478 e. The summed E-state index contributed by atoms with van der Waals surface area (Å²) < 4.78 is 0. The maximum atomic E-state index is 10.9. The lowest BCUT2D eigenvalue weighted by Crippen LogP contribution is -2.35. The molecule has 112 valence electrons. The molecular weight excluding hydrogens is 268 g/mol. The number of anilines is 1. The number of nitrogens with two attached hydrogens (primary N) is 1. The molecule has 0 aromatic heterocycles. The summed E-state index contributed by atoms with van der Waals surface area (Å²) in [6.07, 6.45) is 5.13. The van der Waals surface area contributed by atoms with Gasteiger partial charge in [-0.2, -0.15) is 0 Å². The van der Waals surface area contributed by atoms with Crippen molar-refractivity contribution < 1.29 is 14.7 Å². The molecule has 1 aliphatic rings. The summed E-state index contributed by atoms with van der Waals surface area (Å²) in [7, 11) is 0. The van der Waals surface area contributed by atoms with Crippen LogP contribution in [-0.2, 0) is 9.59 Å². The predicted molar refractivity (Wildman–Crippen MR) is 81.9 cm³/mol. The zero-order valence-corrected chi connectivity index (χ0v) is 11.9. The minimum absolute atomic E-state index is 0.219. The molecule has 1 heterocycles. The summed E-state index contributed by atoms with van der Waals surface area (Å²) in [5.41, 5.74) is 7.23. The number of nitrogens with zero attached hydrogens (tertiary/aromatic N) is 1. The average molecular weight is 288 g/mol. The highest BCUT2D eigenvalue weighted by Crippen LogP contribution is 2.25. The fourth-order valence-corrected chi connectivity index (χ4v) is 2.64. The number of amides is 1. The first kappa shape index (κ1) is 15.1. The summed E-state index contributed by atoms with van der Waals surface area (Å²) in [6.45, 7) is 1.84. The Labute approximate surface area is 124 Å². The Balaban J connectivity index is 1.92. The van der Waals surface area contributed by atoms with Crippen LogP contribution in [0.3, 0.4) is 0 Å². The molecule has 21 heavy (non-hydrogen) atoms. The van der Waals surface area contributed by atoms with Gasteiger partial charge >= 0.3 is 5.97 Å². The van der Waals surface area contributed by atoms with Gasteiger partial charge in [0, 0.05) is 31.3 Å². The van der Waals surface area contributed by atoms with E-state index in [0.717, 1.165) is 43.3 Å². The van der Waals surface area contributed by atoms with Gasteiger partial charge in [-0.15, -0.1) is 0 Å². The number of piperidine rings is 1. The molecule has 1 amide bonds. The third-order valence-corrected chi connectivity index (χ3v) is 3.78. The zero-order chi connectivity index (χ0) is 15.2. The van der Waals surface area contributed by atoms with E-state index in [0.29, 0.717) is 12.3 Å². The van der Waals surface area contributed by atoms with Gasteiger partial charge in [-0.1, -0.05) is 12.1 Å². The van der Waals surface area contributed by atoms with E-state index in [1.165, 1.54) is 0 Å². The first-order chi connectivity index (χ1) is 10.0. The van der Waals surface area contributed by atoms with E-state index in [1.54, 1.807) is 6.08 Å². The lowest BCUT2D eigenvalue weighted by molar-refractivity contribution is -0.131. The van der Waals surface area contributed by atoms with Crippen LogP contribution in [0.1, 0.15) is 24.8 Å². The van der Waals surface area contributed by atoms with E-state index in [-0.39, 0.29) is 5.91 Å². The number of carbonyl (C=O) groups excluding carboxylic acids is 1. The largest absolute Gasteiger partial charge is 0.478 e. The summed E-state index contributed by atoms with van der Waals surface area (Å²) in [5.74, 6) is -0.768. The normalized spacial score (nSPS) is 16.3. The smallest absolute Gasteiger partial charge is 0.328 e. The molecule has 5 heteroatoms. The van der Waals surface area contributed by atoms with E-state index >= 15 is 0 Å². The van der Waals surface area contributed by atoms with E-state index < -0.39 is 5.97 Å². The summed E-state index contributed by atoms with van der Waals surface area (Å²) in [5, 5.41) is 8.59. The van der Waals surface area contributed by atoms with Crippen molar-refractivity contribution in [2.24, 2.45) is 11.7 Å². The van der Waals surface area contributed by atoms with Crippen molar-refractivity contribution in [1.82, 2.24) is 0 Å². The molecule has 0 atom stereocenters. The number of hydrogen-bond acceptors (Lipinski definition) is 3. The molecule has 2 rings (SSSR count). The van der Waals surface area contributed by atoms with Gasteiger partial charge < -0.3 is 15.7 Å². The van der Waals surface area contributed by atoms with Crippen LogP contribution in [-0.4, -0.2) is 30.1 Å². The first-order valence-corrected chi connectivity index (χ1v) is 7.09. The molecule has 5 nitrogen and oxygen atoms in total. The first-order valence-electron chi connectivity index (χ1n) is 7.09. The topological polar surface area (TPSA) is 83.6 Å². The Morgan fingerprint density at radius 2 is 1.86 bits per heavy atom. The molecule has 0 bridgehead atoms. The maximum Gasteiger partial charge on any atom is 0.328 e. The fourth-order valence-electron chi connectivity index (χ4n) is 2.64. The Morgan fingerprint density at radius 1 is 1.24 bits per heavy atom. The number of benzene rings is 1. The number of carboxylic acids is 1. The van der Waals surface area contributed by atoms with E-state index in [2.05, 4.69) is 4.90 Å². The zero-order valence-electron chi connectivity index (χ0n) is 11.9. The SMILES string of the molecule is NC(=O)CC1CCN(c2ccc(C=CC(=O)O)cc2)CC1. The number of hydrogen-bond donors (Lipinski definition) is 2. The van der Waals surface area contributed by atoms with Gasteiger partial charge in [0.1, 0.15) is 0 Å². The Kier molecular flexibility index (Phi) is 4.98. The van der Waals surface area contributed by atoms with E-state index in [9.17, 15) is 9.59 Å². The van der Waals surface area contributed by atoms with Crippen LogP contribution < -0.4 is 10.6 Å². The number of aliphatic carboxylic acids is 1. The van der Waals surface area contributed by atoms with Gasteiger partial charge in [0.15, 0.2) is 0 Å². The Bertz CT molecular complexity index is 529. The van der Waals surface area contributed by atoms with E-state index in [1.807, 2.05) is 24.3 Å². The van der Waals surface area contributed by atoms with Crippen molar-refractivity contribution in [3.63, 3.8) is 0 Å². The molecule has 1 aromatic rings. The molecule has 0 spiro atoms. The van der Waals surface area contributed by atoms with Crippen molar-refractivity contribution >= 4 is 23.6 Å². The van der Waals surface area contributed by atoms with Crippen molar-refractivity contribution in [3.05, 3.63) is 35.9 Å². The van der Waals surface area contributed by atoms with Crippen LogP contribution in [0.4, 0.5) is 5.69 Å². The van der Waals surface area contributed by atoms with Crippen molar-refractivity contribution in [2.75, 3.05) is 18.0 Å². The van der Waals surface area contributed by atoms with Crippen molar-refractivity contribution in [3.8, 4) is 0 Å². The molecule has 1 fully saturated rings. The highest BCUT2D eigenvalue weighted by atomic mass is 16.4. The monoisotopic (exact) mass is 288 g/mol. The predicted octanol–water partition coefficient (Wildman–Crippen LogP) is 1.88. The third kappa shape index (κ3) is 4.63. The Morgan fingerprint density at radius 3 is 2.38 bits per heavy atom. The third-order valence-electron chi connectivity index (χ3n) is 3.78. The molecule has 0 saturated carbocycles. The van der Waals surface area contributed by atoms with Gasteiger partial charge in [0.05, 0.1) is 0 Å². The van der Waals surface area contributed by atoms with Crippen LogP contribution in [0.2, 0.25) is 0 Å². The van der Waals surface area contributed by atoms with Crippen LogP contribution in [0.25, 0.3) is 6.08 Å². The van der Waals surface area contributed by atoms with Crippen LogP contribution in [0, 0.1) is 5.92 Å². The fraction of sp³-hybridized carbons (Fsp3) is 0.375. The standard InChI is InChI=1S/C16H20N2O3/c17-15(19)11-13-7-9-18(10-8-13)14-4-1-12(2-5-14)3-6-16(20)21/h1-6,13H,7-11H2,(H2,17,19)(H,20,21). The summed E-state index contributed by atoms with van der Waals surface area (Å²) in [6, 6.07) is 7.81. The average Bonchev–Trinajstić information content (AvgIpc) is 2.46. The Hall–Kier alpha value is -2.30. The van der Waals surface area contributed by atoms with Gasteiger partial charge in [-0.25, -0.2) is 4.79 Å². The second-order valence-electron chi connectivity index (χ2n) is 5.36. The molecule has 3 N–H and O–H groups in total.